The molecule has 0 rings (SSSR count). The third-order valence-corrected chi connectivity index (χ3v) is 0. The van der Waals surface area contributed by atoms with Gasteiger partial charge >= 0.3 is 81.1 Å². The molecule has 0 aliphatic heterocycles. The maximum absolute atomic E-state index is 8.74. The summed E-state index contributed by atoms with van der Waals surface area (Å²) >= 11 is 0. The Kier molecular flexibility index (Phi) is 83.1. The van der Waals surface area contributed by atoms with Crippen molar-refractivity contribution in [3.8, 4) is 0 Å². The maximum atomic E-state index is 8.74. The van der Waals surface area contributed by atoms with Gasteiger partial charge in [0.2, 0.25) is 0 Å². The molecule has 0 amide bonds. The summed E-state index contributed by atoms with van der Waals surface area (Å²) in [6.07, 6.45) is 0. The minimum Gasteiger partial charge on any atom is 0 e. The molecule has 0 aromatic carbocycles. The molecule has 0 saturated carbocycles. The van der Waals surface area contributed by atoms with Crippen molar-refractivity contribution < 1.29 is 80.5 Å². The number of hydrogen-bond acceptors (Lipinski definition) is 1. The molecule has 0 aromatic heterocycles. The van der Waals surface area contributed by atoms with E-state index >= 15 is 0 Å². The summed E-state index contributed by atoms with van der Waals surface area (Å²) in [5.74, 6) is 0. The first-order chi connectivity index (χ1) is 1.73. The van der Waals surface area contributed by atoms with Crippen LogP contribution < -0.4 is 0 Å². The van der Waals surface area contributed by atoms with Gasteiger partial charge in [-0.25, -0.2) is 0 Å². The minimum absolute atomic E-state index is 0. The maximum Gasteiger partial charge on any atom is 0.316 e. The molecule has 2 radical (unpaired) electrons. The van der Waals surface area contributed by atoms with Gasteiger partial charge in [-0.1, -0.05) is 0 Å². The summed E-state index contributed by atoms with van der Waals surface area (Å²) in [4.78, 5) is 14.3. The van der Waals surface area contributed by atoms with Crippen molar-refractivity contribution in [1.82, 2.24) is 0 Å². The molecule has 0 aromatic rings. The third kappa shape index (κ3) is 50.1. The smallest absolute Gasteiger partial charge is 0 e. The molecule has 0 fully saturated rings. The van der Waals surface area contributed by atoms with Gasteiger partial charge in [0, 0.05) is 66.4 Å². The number of rotatable bonds is 0. The molecule has 0 aliphatic rings. The molecule has 2 N–H and O–H groups in total. The fourth-order valence-corrected chi connectivity index (χ4v) is 0. The summed E-state index contributed by atoms with van der Waals surface area (Å²) in [6, 6.07) is 0. The van der Waals surface area contributed by atoms with Gasteiger partial charge in [0.25, 0.3) is 0 Å². The normalized spacial score (nSPS) is 3.00. The van der Waals surface area contributed by atoms with E-state index in [2.05, 4.69) is 0 Å². The Bertz CT molecular complexity index is 42.3. The van der Waals surface area contributed by atoms with Crippen molar-refractivity contribution in [2.24, 2.45) is 0 Å². The van der Waals surface area contributed by atoms with E-state index in [9.17, 15) is 0 Å². The van der Waals surface area contributed by atoms with E-state index in [1.165, 1.54) is 0 Å². The molecular weight excluding hydrogens is 445 g/mol. The van der Waals surface area contributed by atoms with Crippen LogP contribution in [0.25, 0.3) is 0 Å². The topological polar surface area (TPSA) is 57.5 Å². The van der Waals surface area contributed by atoms with Crippen molar-refractivity contribution in [3.63, 3.8) is 0 Å². The van der Waals surface area contributed by atoms with Gasteiger partial charge in [0.15, 0.2) is 0 Å². The fourth-order valence-electron chi connectivity index (χ4n) is 0. The predicted molar refractivity (Wildman–Crippen MR) is 28.0 cm³/mol. The van der Waals surface area contributed by atoms with Gasteiger partial charge in [0.1, 0.15) is 0 Å². The Hall–Kier alpha value is 4.06. The largest absolute Gasteiger partial charge is 0.316 e. The summed E-state index contributed by atoms with van der Waals surface area (Å²) in [7, 11) is -3.13. The van der Waals surface area contributed by atoms with Gasteiger partial charge < -0.3 is 9.59 Å². The second-order valence-electron chi connectivity index (χ2n) is 0.283. The Morgan fingerprint density at radius 2 is 1.25 bits per heavy atom. The van der Waals surface area contributed by atoms with Crippen LogP contribution >= 0.6 is 0 Å². The van der Waals surface area contributed by atoms with E-state index in [1.54, 1.807) is 0 Å². The zero-order valence-corrected chi connectivity index (χ0v) is 7.16. The molecule has 46 valence electrons. The van der Waals surface area contributed by atoms with Crippen molar-refractivity contribution in [3.05, 3.63) is 0 Å². The molecule has 0 atom stereocenters. The summed E-state index contributed by atoms with van der Waals surface area (Å²) in [5.41, 5.74) is 0. The Labute approximate surface area is 157 Å². The van der Waals surface area contributed by atoms with Crippen molar-refractivity contribution >= 4 is 81.1 Å². The molecular formula is H6BaEuMgMnO3Si. The SMILES string of the molecule is O=[Si](O)O.[BaH2].[Eu].[MgH2].[Mn]. The van der Waals surface area contributed by atoms with E-state index < -0.39 is 9.17 Å². The minimum atomic E-state index is -3.13. The molecule has 0 aliphatic carbocycles. The molecule has 8 heteroatoms. The first-order valence-corrected chi connectivity index (χ1v) is 1.95. The first kappa shape index (κ1) is 29.6. The van der Waals surface area contributed by atoms with E-state index in [-0.39, 0.29) is 138 Å². The fraction of sp³-hybridized carbons (Fsp3) is 0. The van der Waals surface area contributed by atoms with Crippen molar-refractivity contribution in [2.45, 2.75) is 0 Å². The summed E-state index contributed by atoms with van der Waals surface area (Å²) in [5, 5.41) is 0. The van der Waals surface area contributed by atoms with Crippen LogP contribution in [0.3, 0.4) is 0 Å². The Morgan fingerprint density at radius 1 is 1.25 bits per heavy atom. The average Bonchev–Trinajstić information content (AvgIpc) is 0.811. The van der Waals surface area contributed by atoms with E-state index in [0.717, 1.165) is 0 Å². The second-order valence-corrected chi connectivity index (χ2v) is 0.848. The Balaban J connectivity index is -0.00000000750. The molecule has 3 nitrogen and oxygen atoms in total. The van der Waals surface area contributed by atoms with E-state index in [0.29, 0.717) is 0 Å². The van der Waals surface area contributed by atoms with Crippen LogP contribution in [-0.4, -0.2) is 90.7 Å². The van der Waals surface area contributed by atoms with Crippen LogP contribution in [0.4, 0.5) is 0 Å². The van der Waals surface area contributed by atoms with Crippen LogP contribution in [0.1, 0.15) is 0 Å². The first-order valence-electron chi connectivity index (χ1n) is 0.651. The summed E-state index contributed by atoms with van der Waals surface area (Å²) in [6.45, 7) is 0. The monoisotopic (exact) mass is 452 g/mol. The zero-order chi connectivity index (χ0) is 3.58. The zero-order valence-electron chi connectivity index (χ0n) is 2.56. The Morgan fingerprint density at radius 3 is 1.25 bits per heavy atom. The standard InChI is InChI=1S/Ba.Eu.Mg.Mn.H2O3Si.4H/c;;;;1-4(2)3;;;;/h;;;;1-2H;;;;. The molecule has 8 heavy (non-hydrogen) atoms. The molecule has 0 spiro atoms. The predicted octanol–water partition coefficient (Wildman–Crippen LogP) is -3.45. The number of hydrogen-bond donors (Lipinski definition) is 2. The molecule has 0 bridgehead atoms. The molecule has 0 unspecified atom stereocenters. The van der Waals surface area contributed by atoms with Gasteiger partial charge in [-0.05, 0) is 0 Å². The van der Waals surface area contributed by atoms with Gasteiger partial charge in [-0.2, -0.15) is 0 Å². The van der Waals surface area contributed by atoms with Gasteiger partial charge in [-0.3, -0.25) is 4.46 Å². The third-order valence-electron chi connectivity index (χ3n) is 0. The van der Waals surface area contributed by atoms with Crippen LogP contribution in [0.2, 0.25) is 0 Å². The average molecular weight is 451 g/mol. The van der Waals surface area contributed by atoms with Crippen LogP contribution in [-0.2, 0) is 21.5 Å². The van der Waals surface area contributed by atoms with Gasteiger partial charge in [-0.15, -0.1) is 0 Å². The molecule has 0 heterocycles. The van der Waals surface area contributed by atoms with Crippen LogP contribution in [0.5, 0.6) is 0 Å². The summed E-state index contributed by atoms with van der Waals surface area (Å²) < 4.78 is 8.74. The molecule has 0 saturated heterocycles. The van der Waals surface area contributed by atoms with E-state index in [1.807, 2.05) is 0 Å². The quantitative estimate of drug-likeness (QED) is 0.378. The van der Waals surface area contributed by atoms with Crippen LogP contribution in [0, 0.1) is 49.4 Å². The van der Waals surface area contributed by atoms with Crippen molar-refractivity contribution in [1.29, 1.82) is 0 Å². The van der Waals surface area contributed by atoms with Crippen LogP contribution in [0.15, 0.2) is 0 Å². The van der Waals surface area contributed by atoms with E-state index in [4.69, 9.17) is 14.1 Å². The second kappa shape index (κ2) is 22.5. The van der Waals surface area contributed by atoms with Crippen molar-refractivity contribution in [2.75, 3.05) is 0 Å². The van der Waals surface area contributed by atoms with Gasteiger partial charge in [0.05, 0.1) is 0 Å².